The third kappa shape index (κ3) is 1.94. The zero-order valence-electron chi connectivity index (χ0n) is 7.90. The van der Waals surface area contributed by atoms with Crippen LogP contribution in [0.5, 0.6) is 5.88 Å². The standard InChI is InChI=1S/C9H11N3O/c1-9(2,5-10)7-4-8(13-3)12-6-11-7/h4,6H,1-3H3. The van der Waals surface area contributed by atoms with Gasteiger partial charge in [0.2, 0.25) is 5.88 Å². The Labute approximate surface area is 77.2 Å². The van der Waals surface area contributed by atoms with Crippen LogP contribution in [0.15, 0.2) is 12.4 Å². The summed E-state index contributed by atoms with van der Waals surface area (Å²) in [7, 11) is 1.53. The summed E-state index contributed by atoms with van der Waals surface area (Å²) in [5.41, 5.74) is 0.0674. The molecule has 0 aliphatic rings. The summed E-state index contributed by atoms with van der Waals surface area (Å²) < 4.78 is 4.93. The van der Waals surface area contributed by atoms with Gasteiger partial charge in [-0.3, -0.25) is 0 Å². The number of rotatable bonds is 2. The molecule has 0 bridgehead atoms. The molecule has 1 rings (SSSR count). The average Bonchev–Trinajstić information content (AvgIpc) is 2.18. The highest BCUT2D eigenvalue weighted by atomic mass is 16.5. The largest absolute Gasteiger partial charge is 0.481 e. The fourth-order valence-corrected chi connectivity index (χ4v) is 0.850. The molecule has 1 aromatic heterocycles. The molecule has 1 heterocycles. The molecule has 4 heteroatoms. The van der Waals surface area contributed by atoms with Crippen LogP contribution in [0.2, 0.25) is 0 Å². The first-order chi connectivity index (χ1) is 6.10. The number of aromatic nitrogens is 2. The lowest BCUT2D eigenvalue weighted by Crippen LogP contribution is -2.16. The van der Waals surface area contributed by atoms with Crippen molar-refractivity contribution in [3.05, 3.63) is 18.1 Å². The van der Waals surface area contributed by atoms with Crippen molar-refractivity contribution in [1.29, 1.82) is 5.26 Å². The molecule has 0 fully saturated rings. The number of hydrogen-bond acceptors (Lipinski definition) is 4. The van der Waals surface area contributed by atoms with Crippen LogP contribution in [0.4, 0.5) is 0 Å². The van der Waals surface area contributed by atoms with Crippen LogP contribution in [0.25, 0.3) is 0 Å². The molecule has 68 valence electrons. The van der Waals surface area contributed by atoms with Gasteiger partial charge in [-0.25, -0.2) is 9.97 Å². The maximum Gasteiger partial charge on any atom is 0.216 e. The van der Waals surface area contributed by atoms with E-state index in [1.54, 1.807) is 19.9 Å². The fraction of sp³-hybridized carbons (Fsp3) is 0.444. The van der Waals surface area contributed by atoms with E-state index in [1.807, 2.05) is 0 Å². The highest BCUT2D eigenvalue weighted by Crippen LogP contribution is 2.21. The molecular formula is C9H11N3O. The van der Waals surface area contributed by atoms with E-state index in [0.29, 0.717) is 11.6 Å². The van der Waals surface area contributed by atoms with Crippen molar-refractivity contribution in [2.75, 3.05) is 7.11 Å². The Morgan fingerprint density at radius 1 is 1.46 bits per heavy atom. The first-order valence-electron chi connectivity index (χ1n) is 3.88. The molecule has 0 aliphatic carbocycles. The van der Waals surface area contributed by atoms with E-state index in [0.717, 1.165) is 0 Å². The molecule has 0 spiro atoms. The molecule has 0 atom stereocenters. The normalized spacial score (nSPS) is 10.6. The molecule has 0 radical (unpaired) electrons. The van der Waals surface area contributed by atoms with Crippen LogP contribution >= 0.6 is 0 Å². The minimum absolute atomic E-state index is 0.480. The molecule has 13 heavy (non-hydrogen) atoms. The van der Waals surface area contributed by atoms with Gasteiger partial charge in [0.1, 0.15) is 6.33 Å². The van der Waals surface area contributed by atoms with Crippen molar-refractivity contribution in [2.45, 2.75) is 19.3 Å². The van der Waals surface area contributed by atoms with Crippen molar-refractivity contribution in [1.82, 2.24) is 9.97 Å². The lowest BCUT2D eigenvalue weighted by atomic mass is 9.91. The van der Waals surface area contributed by atoms with Crippen molar-refractivity contribution < 1.29 is 4.74 Å². The van der Waals surface area contributed by atoms with Gasteiger partial charge in [0.25, 0.3) is 0 Å². The van der Waals surface area contributed by atoms with E-state index >= 15 is 0 Å². The van der Waals surface area contributed by atoms with E-state index in [-0.39, 0.29) is 0 Å². The number of ether oxygens (including phenoxy) is 1. The van der Waals surface area contributed by atoms with Crippen LogP contribution in [-0.4, -0.2) is 17.1 Å². The van der Waals surface area contributed by atoms with Crippen molar-refractivity contribution in [2.24, 2.45) is 0 Å². The van der Waals surface area contributed by atoms with Crippen LogP contribution < -0.4 is 4.74 Å². The van der Waals surface area contributed by atoms with Gasteiger partial charge in [0.15, 0.2) is 0 Å². The molecule has 1 aromatic rings. The van der Waals surface area contributed by atoms with Gasteiger partial charge in [-0.2, -0.15) is 5.26 Å². The molecule has 0 saturated carbocycles. The lowest BCUT2D eigenvalue weighted by molar-refractivity contribution is 0.394. The molecule has 0 amide bonds. The third-order valence-corrected chi connectivity index (χ3v) is 1.77. The molecule has 0 saturated heterocycles. The zero-order chi connectivity index (χ0) is 9.90. The van der Waals surface area contributed by atoms with E-state index in [9.17, 15) is 0 Å². The van der Waals surface area contributed by atoms with Crippen LogP contribution in [0.1, 0.15) is 19.5 Å². The Morgan fingerprint density at radius 2 is 2.15 bits per heavy atom. The summed E-state index contributed by atoms with van der Waals surface area (Å²) in [4.78, 5) is 7.88. The first-order valence-corrected chi connectivity index (χ1v) is 3.88. The van der Waals surface area contributed by atoms with Gasteiger partial charge in [-0.15, -0.1) is 0 Å². The van der Waals surface area contributed by atoms with Crippen molar-refractivity contribution in [3.8, 4) is 11.9 Å². The Balaban J connectivity index is 3.10. The second-order valence-corrected chi connectivity index (χ2v) is 3.18. The van der Waals surface area contributed by atoms with Crippen LogP contribution in [0.3, 0.4) is 0 Å². The number of methoxy groups -OCH3 is 1. The van der Waals surface area contributed by atoms with Crippen LogP contribution in [0, 0.1) is 11.3 Å². The summed E-state index contributed by atoms with van der Waals surface area (Å²) in [6.07, 6.45) is 1.40. The maximum atomic E-state index is 8.86. The highest BCUT2D eigenvalue weighted by Gasteiger charge is 2.21. The second-order valence-electron chi connectivity index (χ2n) is 3.18. The monoisotopic (exact) mass is 177 g/mol. The fourth-order valence-electron chi connectivity index (χ4n) is 0.850. The van der Waals surface area contributed by atoms with Crippen molar-refractivity contribution in [3.63, 3.8) is 0 Å². The van der Waals surface area contributed by atoms with E-state index in [2.05, 4.69) is 16.0 Å². The predicted octanol–water partition coefficient (Wildman–Crippen LogP) is 1.29. The quantitative estimate of drug-likeness (QED) is 0.682. The van der Waals surface area contributed by atoms with Crippen molar-refractivity contribution >= 4 is 0 Å². The van der Waals surface area contributed by atoms with Gasteiger partial charge < -0.3 is 4.74 Å². The van der Waals surface area contributed by atoms with Gasteiger partial charge in [0.05, 0.1) is 24.3 Å². The predicted molar refractivity (Wildman–Crippen MR) is 47.2 cm³/mol. The number of nitrogens with zero attached hydrogens (tertiary/aromatic N) is 3. The molecule has 0 N–H and O–H groups in total. The SMILES string of the molecule is COc1cc(C(C)(C)C#N)ncn1. The van der Waals surface area contributed by atoms with E-state index < -0.39 is 5.41 Å². The molecule has 4 nitrogen and oxygen atoms in total. The summed E-state index contributed by atoms with van der Waals surface area (Å²) in [6, 6.07) is 3.83. The average molecular weight is 177 g/mol. The molecular weight excluding hydrogens is 166 g/mol. The number of hydrogen-bond donors (Lipinski definition) is 0. The smallest absolute Gasteiger partial charge is 0.216 e. The first kappa shape index (κ1) is 9.46. The number of nitriles is 1. The van der Waals surface area contributed by atoms with Gasteiger partial charge in [-0.1, -0.05) is 0 Å². The minimum atomic E-state index is -0.601. The minimum Gasteiger partial charge on any atom is -0.481 e. The van der Waals surface area contributed by atoms with E-state index in [1.165, 1.54) is 13.4 Å². The summed E-state index contributed by atoms with van der Waals surface area (Å²) in [6.45, 7) is 3.60. The highest BCUT2D eigenvalue weighted by molar-refractivity contribution is 5.26. The lowest BCUT2D eigenvalue weighted by Gasteiger charge is -2.13. The van der Waals surface area contributed by atoms with Gasteiger partial charge in [-0.05, 0) is 13.8 Å². The van der Waals surface area contributed by atoms with Gasteiger partial charge >= 0.3 is 0 Å². The van der Waals surface area contributed by atoms with Crippen LogP contribution in [-0.2, 0) is 5.41 Å². The molecule has 0 unspecified atom stereocenters. The van der Waals surface area contributed by atoms with E-state index in [4.69, 9.17) is 10.00 Å². The van der Waals surface area contributed by atoms with Gasteiger partial charge in [0, 0.05) is 6.07 Å². The summed E-state index contributed by atoms with van der Waals surface area (Å²) >= 11 is 0. The Kier molecular flexibility index (Phi) is 2.47. The maximum absolute atomic E-state index is 8.86. The second kappa shape index (κ2) is 3.40. The zero-order valence-corrected chi connectivity index (χ0v) is 7.90. The summed E-state index contributed by atoms with van der Waals surface area (Å²) in [5.74, 6) is 0.480. The summed E-state index contributed by atoms with van der Waals surface area (Å²) in [5, 5.41) is 8.86. The topological polar surface area (TPSA) is 58.8 Å². The Morgan fingerprint density at radius 3 is 2.69 bits per heavy atom. The molecule has 0 aliphatic heterocycles. The Bertz CT molecular complexity index is 341. The molecule has 0 aromatic carbocycles. The Hall–Kier alpha value is -1.63. The third-order valence-electron chi connectivity index (χ3n) is 1.77.